The molecule has 0 aromatic heterocycles. The van der Waals surface area contributed by atoms with E-state index >= 15 is 0 Å². The van der Waals surface area contributed by atoms with Crippen LogP contribution in [0.15, 0.2) is 0 Å². The van der Waals surface area contributed by atoms with Crippen molar-refractivity contribution >= 4 is 0 Å². The Balaban J connectivity index is 2.22. The topological polar surface area (TPSA) is 53.7 Å². The van der Waals surface area contributed by atoms with Gasteiger partial charge in [-0.15, -0.1) is 0 Å². The molecular formula is C10H21NO3. The molecule has 14 heavy (non-hydrogen) atoms. The number of hydrogen-bond donors (Lipinski definition) is 1. The summed E-state index contributed by atoms with van der Waals surface area (Å²) < 4.78 is 16.3. The van der Waals surface area contributed by atoms with Gasteiger partial charge >= 0.3 is 0 Å². The van der Waals surface area contributed by atoms with E-state index in [0.717, 1.165) is 32.7 Å². The van der Waals surface area contributed by atoms with Gasteiger partial charge in [-0.25, -0.2) is 0 Å². The molecule has 4 heteroatoms. The summed E-state index contributed by atoms with van der Waals surface area (Å²) in [7, 11) is 0. The van der Waals surface area contributed by atoms with Crippen LogP contribution in [0.5, 0.6) is 0 Å². The molecule has 1 aliphatic heterocycles. The highest BCUT2D eigenvalue weighted by atomic mass is 16.5. The Morgan fingerprint density at radius 2 is 2.00 bits per heavy atom. The second-order valence-electron chi connectivity index (χ2n) is 3.54. The molecule has 4 nitrogen and oxygen atoms in total. The molecule has 0 bridgehead atoms. The van der Waals surface area contributed by atoms with Crippen molar-refractivity contribution in [2.45, 2.75) is 25.4 Å². The van der Waals surface area contributed by atoms with Gasteiger partial charge in [-0.3, -0.25) is 0 Å². The van der Waals surface area contributed by atoms with Crippen molar-refractivity contribution in [1.82, 2.24) is 0 Å². The zero-order chi connectivity index (χ0) is 10.3. The second-order valence-corrected chi connectivity index (χ2v) is 3.54. The summed E-state index contributed by atoms with van der Waals surface area (Å²) in [6, 6.07) is 0. The van der Waals surface area contributed by atoms with Gasteiger partial charge in [0.2, 0.25) is 0 Å². The maximum Gasteiger partial charge on any atom is 0.0849 e. The lowest BCUT2D eigenvalue weighted by molar-refractivity contribution is -0.115. The molecule has 0 radical (unpaired) electrons. The van der Waals surface area contributed by atoms with Crippen LogP contribution in [-0.4, -0.2) is 45.2 Å². The third-order valence-electron chi connectivity index (χ3n) is 2.62. The summed E-state index contributed by atoms with van der Waals surface area (Å²) >= 11 is 0. The lowest BCUT2D eigenvalue weighted by Crippen LogP contribution is -2.46. The second kappa shape index (κ2) is 6.35. The Morgan fingerprint density at radius 3 is 2.57 bits per heavy atom. The first-order valence-corrected chi connectivity index (χ1v) is 5.32. The van der Waals surface area contributed by atoms with E-state index in [1.165, 1.54) is 0 Å². The van der Waals surface area contributed by atoms with E-state index < -0.39 is 0 Å². The first-order valence-electron chi connectivity index (χ1n) is 5.32. The van der Waals surface area contributed by atoms with Crippen molar-refractivity contribution in [2.24, 2.45) is 5.73 Å². The molecule has 0 unspecified atom stereocenters. The van der Waals surface area contributed by atoms with Crippen molar-refractivity contribution in [3.8, 4) is 0 Å². The lowest BCUT2D eigenvalue weighted by Gasteiger charge is -2.36. The number of rotatable bonds is 6. The Morgan fingerprint density at radius 1 is 1.29 bits per heavy atom. The Labute approximate surface area is 85.7 Å². The molecule has 0 aromatic rings. The fourth-order valence-corrected chi connectivity index (χ4v) is 1.61. The highest BCUT2D eigenvalue weighted by molar-refractivity contribution is 4.84. The normalized spacial score (nSPS) is 21.0. The van der Waals surface area contributed by atoms with Crippen LogP contribution in [0.3, 0.4) is 0 Å². The van der Waals surface area contributed by atoms with Gasteiger partial charge in [-0.05, 0) is 6.92 Å². The van der Waals surface area contributed by atoms with Crippen LogP contribution >= 0.6 is 0 Å². The summed E-state index contributed by atoms with van der Waals surface area (Å²) in [5.41, 5.74) is 5.57. The minimum absolute atomic E-state index is 0.157. The fraction of sp³-hybridized carbons (Fsp3) is 1.00. The van der Waals surface area contributed by atoms with Crippen molar-refractivity contribution < 1.29 is 14.2 Å². The van der Waals surface area contributed by atoms with Crippen LogP contribution < -0.4 is 5.73 Å². The highest BCUT2D eigenvalue weighted by Gasteiger charge is 2.31. The van der Waals surface area contributed by atoms with E-state index in [1.54, 1.807) is 0 Å². The molecule has 84 valence electrons. The molecule has 2 N–H and O–H groups in total. The van der Waals surface area contributed by atoms with Gasteiger partial charge in [0.25, 0.3) is 0 Å². The van der Waals surface area contributed by atoms with E-state index in [4.69, 9.17) is 19.9 Å². The van der Waals surface area contributed by atoms with Crippen molar-refractivity contribution in [1.29, 1.82) is 0 Å². The van der Waals surface area contributed by atoms with E-state index in [0.29, 0.717) is 19.8 Å². The molecular weight excluding hydrogens is 182 g/mol. The molecule has 1 saturated heterocycles. The Bertz CT molecular complexity index is 146. The highest BCUT2D eigenvalue weighted by Crippen LogP contribution is 2.23. The minimum atomic E-state index is -0.157. The SMILES string of the molecule is CCOCCOC1(CN)CCOCC1. The summed E-state index contributed by atoms with van der Waals surface area (Å²) in [5, 5.41) is 0. The molecule has 0 aromatic carbocycles. The van der Waals surface area contributed by atoms with Gasteiger partial charge in [0.1, 0.15) is 0 Å². The van der Waals surface area contributed by atoms with Crippen molar-refractivity contribution in [2.75, 3.05) is 39.6 Å². The van der Waals surface area contributed by atoms with Crippen LogP contribution in [0.2, 0.25) is 0 Å². The third kappa shape index (κ3) is 3.53. The number of nitrogens with two attached hydrogens (primary N) is 1. The first-order chi connectivity index (χ1) is 6.83. The lowest BCUT2D eigenvalue weighted by atomic mass is 9.94. The number of hydrogen-bond acceptors (Lipinski definition) is 4. The Kier molecular flexibility index (Phi) is 5.40. The first kappa shape index (κ1) is 11.9. The van der Waals surface area contributed by atoms with Gasteiger partial charge in [0.05, 0.1) is 18.8 Å². The maximum absolute atomic E-state index is 5.79. The van der Waals surface area contributed by atoms with E-state index in [-0.39, 0.29) is 5.60 Å². The molecule has 1 heterocycles. The smallest absolute Gasteiger partial charge is 0.0849 e. The minimum Gasteiger partial charge on any atom is -0.381 e. The predicted octanol–water partition coefficient (Wildman–Crippen LogP) is 0.547. The Hall–Kier alpha value is -0.160. The van der Waals surface area contributed by atoms with Crippen LogP contribution in [0.4, 0.5) is 0 Å². The van der Waals surface area contributed by atoms with Gasteiger partial charge in [-0.1, -0.05) is 0 Å². The monoisotopic (exact) mass is 203 g/mol. The van der Waals surface area contributed by atoms with Crippen LogP contribution in [0, 0.1) is 0 Å². The van der Waals surface area contributed by atoms with Crippen LogP contribution in [-0.2, 0) is 14.2 Å². The molecule has 0 saturated carbocycles. The predicted molar refractivity (Wildman–Crippen MR) is 54.3 cm³/mol. The van der Waals surface area contributed by atoms with Gasteiger partial charge in [0, 0.05) is 39.2 Å². The quantitative estimate of drug-likeness (QED) is 0.640. The van der Waals surface area contributed by atoms with Gasteiger partial charge < -0.3 is 19.9 Å². The van der Waals surface area contributed by atoms with Crippen molar-refractivity contribution in [3.63, 3.8) is 0 Å². The summed E-state index contributed by atoms with van der Waals surface area (Å²) in [6.07, 6.45) is 1.80. The standard InChI is InChI=1S/C10H21NO3/c1-2-12-7-8-14-10(9-11)3-5-13-6-4-10/h2-9,11H2,1H3. The zero-order valence-electron chi connectivity index (χ0n) is 8.96. The van der Waals surface area contributed by atoms with E-state index in [2.05, 4.69) is 0 Å². The van der Waals surface area contributed by atoms with E-state index in [1.807, 2.05) is 6.92 Å². The molecule has 0 spiro atoms. The zero-order valence-corrected chi connectivity index (χ0v) is 8.96. The summed E-state index contributed by atoms with van der Waals surface area (Å²) in [4.78, 5) is 0. The largest absolute Gasteiger partial charge is 0.381 e. The van der Waals surface area contributed by atoms with Gasteiger partial charge in [0.15, 0.2) is 0 Å². The van der Waals surface area contributed by atoms with Crippen molar-refractivity contribution in [3.05, 3.63) is 0 Å². The average Bonchev–Trinajstić information content (AvgIpc) is 2.26. The van der Waals surface area contributed by atoms with Crippen LogP contribution in [0.25, 0.3) is 0 Å². The fourth-order valence-electron chi connectivity index (χ4n) is 1.61. The van der Waals surface area contributed by atoms with E-state index in [9.17, 15) is 0 Å². The van der Waals surface area contributed by atoms with Crippen LogP contribution in [0.1, 0.15) is 19.8 Å². The third-order valence-corrected chi connectivity index (χ3v) is 2.62. The molecule has 1 rings (SSSR count). The van der Waals surface area contributed by atoms with Gasteiger partial charge in [-0.2, -0.15) is 0 Å². The summed E-state index contributed by atoms with van der Waals surface area (Å²) in [5.74, 6) is 0. The summed E-state index contributed by atoms with van der Waals surface area (Å²) in [6.45, 7) is 6.08. The molecule has 0 atom stereocenters. The average molecular weight is 203 g/mol. The molecule has 1 aliphatic rings. The molecule has 0 aliphatic carbocycles. The maximum atomic E-state index is 5.79. The molecule has 1 fully saturated rings. The molecule has 0 amide bonds. The number of ether oxygens (including phenoxy) is 3.